The van der Waals surface area contributed by atoms with Crippen LogP contribution in [0.25, 0.3) is 6.08 Å². The Bertz CT molecular complexity index is 783. The van der Waals surface area contributed by atoms with Gasteiger partial charge in [-0.25, -0.2) is 0 Å². The van der Waals surface area contributed by atoms with Crippen LogP contribution < -0.4 is 5.32 Å². The number of aromatic hydroxyl groups is 1. The third-order valence-corrected chi connectivity index (χ3v) is 3.79. The lowest BCUT2D eigenvalue weighted by atomic mass is 10.1. The molecule has 0 aliphatic carbocycles. The van der Waals surface area contributed by atoms with Gasteiger partial charge in [0.2, 0.25) is 0 Å². The smallest absolute Gasteiger partial charge is 0.266 e. The third-order valence-electron chi connectivity index (χ3n) is 2.75. The molecule has 22 heavy (non-hydrogen) atoms. The van der Waals surface area contributed by atoms with E-state index in [1.165, 1.54) is 12.1 Å². The Balaban J connectivity index is 2.32. The van der Waals surface area contributed by atoms with Gasteiger partial charge in [-0.2, -0.15) is 5.26 Å². The van der Waals surface area contributed by atoms with Crippen molar-refractivity contribution in [2.75, 3.05) is 5.32 Å². The van der Waals surface area contributed by atoms with Crippen molar-refractivity contribution in [1.82, 2.24) is 0 Å². The van der Waals surface area contributed by atoms with E-state index in [2.05, 4.69) is 5.32 Å². The Labute approximate surface area is 146 Å². The molecule has 2 aromatic carbocycles. The summed E-state index contributed by atoms with van der Waals surface area (Å²) in [7, 11) is 0. The van der Waals surface area contributed by atoms with Gasteiger partial charge in [0.15, 0.2) is 0 Å². The molecule has 1 amide bonds. The molecule has 0 spiro atoms. The number of benzene rings is 2. The van der Waals surface area contributed by atoms with Crippen molar-refractivity contribution in [3.63, 3.8) is 0 Å². The van der Waals surface area contributed by atoms with Gasteiger partial charge in [0.05, 0.1) is 3.57 Å². The van der Waals surface area contributed by atoms with Crippen LogP contribution in [0, 0.1) is 14.9 Å². The Morgan fingerprint density at radius 3 is 2.64 bits per heavy atom. The van der Waals surface area contributed by atoms with Crippen molar-refractivity contribution in [2.24, 2.45) is 0 Å². The second-order valence-corrected chi connectivity index (χ2v) is 5.91. The van der Waals surface area contributed by atoms with Gasteiger partial charge in [0.1, 0.15) is 17.4 Å². The molecule has 4 nitrogen and oxygen atoms in total. The highest BCUT2D eigenvalue weighted by molar-refractivity contribution is 14.1. The number of halogens is 2. The molecule has 0 aliphatic rings. The van der Waals surface area contributed by atoms with Gasteiger partial charge < -0.3 is 10.4 Å². The zero-order valence-electron chi connectivity index (χ0n) is 11.2. The fraction of sp³-hybridized carbons (Fsp3) is 0. The van der Waals surface area contributed by atoms with Gasteiger partial charge in [-0.15, -0.1) is 0 Å². The average Bonchev–Trinajstić information content (AvgIpc) is 2.50. The number of phenols is 1. The maximum Gasteiger partial charge on any atom is 0.266 e. The van der Waals surface area contributed by atoms with E-state index >= 15 is 0 Å². The van der Waals surface area contributed by atoms with E-state index in [4.69, 9.17) is 16.9 Å². The minimum absolute atomic E-state index is 0.0229. The first-order valence-corrected chi connectivity index (χ1v) is 7.63. The average molecular weight is 425 g/mol. The number of rotatable bonds is 3. The van der Waals surface area contributed by atoms with Crippen molar-refractivity contribution < 1.29 is 9.90 Å². The zero-order chi connectivity index (χ0) is 16.1. The lowest BCUT2D eigenvalue weighted by Crippen LogP contribution is -2.13. The summed E-state index contributed by atoms with van der Waals surface area (Å²) in [5.41, 5.74) is 0.771. The predicted molar refractivity (Wildman–Crippen MR) is 94.5 cm³/mol. The van der Waals surface area contributed by atoms with Crippen LogP contribution in [0.2, 0.25) is 5.02 Å². The molecule has 0 fully saturated rings. The van der Waals surface area contributed by atoms with Crippen LogP contribution in [0.5, 0.6) is 5.75 Å². The molecule has 0 aliphatic heterocycles. The molecular formula is C16H10ClIN2O2. The maximum absolute atomic E-state index is 12.1. The van der Waals surface area contributed by atoms with E-state index < -0.39 is 5.91 Å². The molecule has 0 saturated heterocycles. The normalized spacial score (nSPS) is 10.9. The highest BCUT2D eigenvalue weighted by atomic mass is 127. The summed E-state index contributed by atoms with van der Waals surface area (Å²) in [6.45, 7) is 0. The zero-order valence-corrected chi connectivity index (χ0v) is 14.1. The molecule has 0 bridgehead atoms. The molecule has 0 atom stereocenters. The molecule has 110 valence electrons. The molecule has 0 radical (unpaired) electrons. The van der Waals surface area contributed by atoms with E-state index in [-0.39, 0.29) is 11.3 Å². The van der Waals surface area contributed by atoms with Gasteiger partial charge in [-0.3, -0.25) is 4.79 Å². The van der Waals surface area contributed by atoms with Crippen molar-refractivity contribution in [3.8, 4) is 11.8 Å². The van der Waals surface area contributed by atoms with E-state index in [0.29, 0.717) is 19.8 Å². The first-order valence-electron chi connectivity index (χ1n) is 6.17. The number of hydrogen-bond acceptors (Lipinski definition) is 3. The number of nitrogens with one attached hydrogen (secondary N) is 1. The summed E-state index contributed by atoms with van der Waals surface area (Å²) in [6.07, 6.45) is 1.31. The second-order valence-electron chi connectivity index (χ2n) is 4.32. The lowest BCUT2D eigenvalue weighted by molar-refractivity contribution is -0.112. The lowest BCUT2D eigenvalue weighted by Gasteiger charge is -2.06. The monoisotopic (exact) mass is 424 g/mol. The Morgan fingerprint density at radius 2 is 2.00 bits per heavy atom. The number of amides is 1. The van der Waals surface area contributed by atoms with Gasteiger partial charge in [0.25, 0.3) is 5.91 Å². The molecule has 0 unspecified atom stereocenters. The van der Waals surface area contributed by atoms with Crippen LogP contribution in [0.4, 0.5) is 5.69 Å². The van der Waals surface area contributed by atoms with E-state index in [1.807, 2.05) is 34.7 Å². The van der Waals surface area contributed by atoms with Gasteiger partial charge in [-0.05, 0) is 52.9 Å². The quantitative estimate of drug-likeness (QED) is 0.441. The summed E-state index contributed by atoms with van der Waals surface area (Å²) < 4.78 is 0.539. The second kappa shape index (κ2) is 7.29. The number of nitrogens with zero attached hydrogens (tertiary/aromatic N) is 1. The van der Waals surface area contributed by atoms with E-state index in [0.717, 1.165) is 0 Å². The molecule has 6 heteroatoms. The number of nitriles is 1. The number of anilines is 1. The van der Waals surface area contributed by atoms with Gasteiger partial charge in [0, 0.05) is 16.3 Å². The summed E-state index contributed by atoms with van der Waals surface area (Å²) in [6, 6.07) is 13.7. The van der Waals surface area contributed by atoms with Crippen LogP contribution in [-0.2, 0) is 4.79 Å². The minimum atomic E-state index is -0.553. The minimum Gasteiger partial charge on any atom is -0.506 e. The SMILES string of the molecule is N#CC(=Cc1cc(Cl)cc(I)c1O)C(=O)Nc1ccccc1. The molecule has 2 aromatic rings. The summed E-state index contributed by atoms with van der Waals surface area (Å²) in [5.74, 6) is -0.576. The van der Waals surface area contributed by atoms with E-state index in [1.54, 1.807) is 30.3 Å². The van der Waals surface area contributed by atoms with E-state index in [9.17, 15) is 9.90 Å². The Kier molecular flexibility index (Phi) is 5.41. The number of para-hydroxylation sites is 1. The molecule has 0 heterocycles. The summed E-state index contributed by atoms with van der Waals surface area (Å²) in [5, 5.41) is 22.2. The summed E-state index contributed by atoms with van der Waals surface area (Å²) >= 11 is 7.85. The van der Waals surface area contributed by atoms with Crippen molar-refractivity contribution in [1.29, 1.82) is 5.26 Å². The Hall–Kier alpha value is -2.04. The number of carbonyl (C=O) groups excluding carboxylic acids is 1. The van der Waals surface area contributed by atoms with Crippen LogP contribution in [0.3, 0.4) is 0 Å². The third kappa shape index (κ3) is 4.00. The first kappa shape index (κ1) is 16.3. The maximum atomic E-state index is 12.1. The number of phenolic OH excluding ortho intramolecular Hbond substituents is 1. The Morgan fingerprint density at radius 1 is 1.32 bits per heavy atom. The molecule has 0 saturated carbocycles. The molecule has 0 aromatic heterocycles. The van der Waals surface area contributed by atoms with Gasteiger partial charge in [-0.1, -0.05) is 29.8 Å². The van der Waals surface area contributed by atoms with Crippen molar-refractivity contribution in [2.45, 2.75) is 0 Å². The van der Waals surface area contributed by atoms with Crippen molar-refractivity contribution in [3.05, 3.63) is 62.2 Å². The number of carbonyl (C=O) groups is 1. The van der Waals surface area contributed by atoms with Crippen LogP contribution in [-0.4, -0.2) is 11.0 Å². The summed E-state index contributed by atoms with van der Waals surface area (Å²) in [4.78, 5) is 12.1. The topological polar surface area (TPSA) is 73.1 Å². The van der Waals surface area contributed by atoms with Crippen LogP contribution in [0.15, 0.2) is 48.0 Å². The number of hydrogen-bond donors (Lipinski definition) is 2. The fourth-order valence-corrected chi connectivity index (χ4v) is 2.78. The highest BCUT2D eigenvalue weighted by Crippen LogP contribution is 2.30. The fourth-order valence-electron chi connectivity index (χ4n) is 1.72. The molecular weight excluding hydrogens is 415 g/mol. The highest BCUT2D eigenvalue weighted by Gasteiger charge is 2.12. The van der Waals surface area contributed by atoms with Crippen LogP contribution in [0.1, 0.15) is 5.56 Å². The first-order chi connectivity index (χ1) is 10.5. The van der Waals surface area contributed by atoms with Crippen molar-refractivity contribution >= 4 is 51.9 Å². The standard InChI is InChI=1S/C16H10ClIN2O2/c17-12-7-10(15(21)14(18)8-12)6-11(9-19)16(22)20-13-4-2-1-3-5-13/h1-8,21H,(H,20,22). The van der Waals surface area contributed by atoms with Crippen LogP contribution >= 0.6 is 34.2 Å². The predicted octanol–water partition coefficient (Wildman–Crippen LogP) is 4.20. The largest absolute Gasteiger partial charge is 0.506 e. The van der Waals surface area contributed by atoms with Gasteiger partial charge >= 0.3 is 0 Å². The molecule has 2 N–H and O–H groups in total. The molecule has 2 rings (SSSR count).